The molecule has 0 radical (unpaired) electrons. The Morgan fingerprint density at radius 1 is 1.04 bits per heavy atom. The van der Waals surface area contributed by atoms with Gasteiger partial charge in [0.15, 0.2) is 0 Å². The third kappa shape index (κ3) is 6.03. The highest BCUT2D eigenvalue weighted by atomic mass is 16.5. The molecule has 136 valence electrons. The highest BCUT2D eigenvalue weighted by molar-refractivity contribution is 4.88. The molecule has 3 nitrogen and oxygen atoms in total. The molecule has 2 fully saturated rings. The van der Waals surface area contributed by atoms with Crippen molar-refractivity contribution in [1.82, 2.24) is 9.80 Å². The molecule has 2 atom stereocenters. The number of likely N-dealkylation sites (N-methyl/N-ethyl adjacent to an activating group) is 1. The van der Waals surface area contributed by atoms with Gasteiger partial charge in [0, 0.05) is 32.8 Å². The summed E-state index contributed by atoms with van der Waals surface area (Å²) in [4.78, 5) is 5.14. The van der Waals surface area contributed by atoms with Gasteiger partial charge in [-0.2, -0.15) is 0 Å². The summed E-state index contributed by atoms with van der Waals surface area (Å²) >= 11 is 0. The Balaban J connectivity index is 1.93. The standard InChI is InChI=1S/C20H40N2O/c1-17(2)6-7-20(9-15-23-19(16-20)18(3)4)8-10-22-13-11-21(5)12-14-22/h17-19H,6-16H2,1-5H3/t19-,20+/m0/s1. The molecular weight excluding hydrogens is 284 g/mol. The van der Waals surface area contributed by atoms with Crippen molar-refractivity contribution in [3.05, 3.63) is 0 Å². The van der Waals surface area contributed by atoms with E-state index in [0.29, 0.717) is 17.4 Å². The van der Waals surface area contributed by atoms with Crippen LogP contribution in [0, 0.1) is 17.3 Å². The minimum absolute atomic E-state index is 0.475. The van der Waals surface area contributed by atoms with Crippen molar-refractivity contribution in [1.29, 1.82) is 0 Å². The highest BCUT2D eigenvalue weighted by Gasteiger charge is 2.38. The van der Waals surface area contributed by atoms with Crippen LogP contribution in [0.3, 0.4) is 0 Å². The van der Waals surface area contributed by atoms with Gasteiger partial charge in [-0.3, -0.25) is 0 Å². The number of hydrogen-bond acceptors (Lipinski definition) is 3. The summed E-state index contributed by atoms with van der Waals surface area (Å²) in [6.45, 7) is 16.6. The van der Waals surface area contributed by atoms with Crippen molar-refractivity contribution in [2.45, 2.75) is 65.9 Å². The Labute approximate surface area is 144 Å². The maximum atomic E-state index is 6.09. The average molecular weight is 325 g/mol. The van der Waals surface area contributed by atoms with Crippen LogP contribution >= 0.6 is 0 Å². The van der Waals surface area contributed by atoms with E-state index >= 15 is 0 Å². The molecule has 0 saturated carbocycles. The molecular formula is C20H40N2O. The van der Waals surface area contributed by atoms with Crippen molar-refractivity contribution >= 4 is 0 Å². The van der Waals surface area contributed by atoms with Crippen LogP contribution < -0.4 is 0 Å². The molecule has 2 rings (SSSR count). The third-order valence-corrected chi connectivity index (χ3v) is 6.15. The molecule has 0 aromatic heterocycles. The minimum atomic E-state index is 0.475. The zero-order valence-electron chi connectivity index (χ0n) is 16.3. The summed E-state index contributed by atoms with van der Waals surface area (Å²) in [5.74, 6) is 1.47. The SMILES string of the molecule is CC(C)CC[C@@]1(CCN2CCN(C)CC2)CCO[C@H](C(C)C)C1. The molecule has 0 N–H and O–H groups in total. The number of hydrogen-bond donors (Lipinski definition) is 0. The van der Waals surface area contributed by atoms with Gasteiger partial charge in [-0.15, -0.1) is 0 Å². The fourth-order valence-corrected chi connectivity index (χ4v) is 4.08. The smallest absolute Gasteiger partial charge is 0.0603 e. The minimum Gasteiger partial charge on any atom is -0.378 e. The quantitative estimate of drug-likeness (QED) is 0.707. The molecule has 0 amide bonds. The van der Waals surface area contributed by atoms with E-state index in [9.17, 15) is 0 Å². The molecule has 3 heteroatoms. The van der Waals surface area contributed by atoms with Gasteiger partial charge in [0.1, 0.15) is 0 Å². The zero-order valence-corrected chi connectivity index (χ0v) is 16.3. The number of nitrogens with zero attached hydrogens (tertiary/aromatic N) is 2. The van der Waals surface area contributed by atoms with Crippen molar-refractivity contribution in [3.63, 3.8) is 0 Å². The van der Waals surface area contributed by atoms with Crippen molar-refractivity contribution in [2.24, 2.45) is 17.3 Å². The first kappa shape index (κ1) is 19.2. The third-order valence-electron chi connectivity index (χ3n) is 6.15. The fraction of sp³-hybridized carbons (Fsp3) is 1.00. The molecule has 0 unspecified atom stereocenters. The Morgan fingerprint density at radius 2 is 1.74 bits per heavy atom. The van der Waals surface area contributed by atoms with Gasteiger partial charge in [0.05, 0.1) is 6.10 Å². The topological polar surface area (TPSA) is 15.7 Å². The zero-order chi connectivity index (χ0) is 16.9. The molecule has 2 saturated heterocycles. The molecule has 0 bridgehead atoms. The summed E-state index contributed by atoms with van der Waals surface area (Å²) in [6, 6.07) is 0. The molecule has 0 aliphatic carbocycles. The Kier molecular flexibility index (Phi) is 7.37. The lowest BCUT2D eigenvalue weighted by atomic mass is 9.69. The van der Waals surface area contributed by atoms with E-state index in [1.807, 2.05) is 0 Å². The van der Waals surface area contributed by atoms with Crippen LogP contribution in [-0.4, -0.2) is 62.3 Å². The van der Waals surface area contributed by atoms with E-state index in [1.165, 1.54) is 64.8 Å². The molecule has 2 aliphatic rings. The summed E-state index contributed by atoms with van der Waals surface area (Å²) in [5, 5.41) is 0. The lowest BCUT2D eigenvalue weighted by Crippen LogP contribution is -2.46. The van der Waals surface area contributed by atoms with Crippen molar-refractivity contribution in [2.75, 3.05) is 46.4 Å². The Hall–Kier alpha value is -0.120. The van der Waals surface area contributed by atoms with E-state index in [-0.39, 0.29) is 0 Å². The maximum Gasteiger partial charge on any atom is 0.0603 e. The molecule has 23 heavy (non-hydrogen) atoms. The van der Waals surface area contributed by atoms with E-state index in [2.05, 4.69) is 44.5 Å². The van der Waals surface area contributed by atoms with Gasteiger partial charge in [0.25, 0.3) is 0 Å². The second-order valence-electron chi connectivity index (χ2n) is 8.93. The van der Waals surface area contributed by atoms with Crippen molar-refractivity contribution < 1.29 is 4.74 Å². The van der Waals surface area contributed by atoms with Gasteiger partial charge in [-0.25, -0.2) is 0 Å². The molecule has 0 aromatic rings. The second kappa shape index (κ2) is 8.82. The van der Waals surface area contributed by atoms with Crippen LogP contribution in [0.2, 0.25) is 0 Å². The van der Waals surface area contributed by atoms with Crippen LogP contribution in [0.1, 0.15) is 59.8 Å². The average Bonchev–Trinajstić information content (AvgIpc) is 2.53. The normalized spacial score (nSPS) is 31.2. The molecule has 2 heterocycles. The van der Waals surface area contributed by atoms with E-state index in [4.69, 9.17) is 4.74 Å². The number of rotatable bonds is 7. The fourth-order valence-electron chi connectivity index (χ4n) is 4.08. The predicted molar refractivity (Wildman–Crippen MR) is 98.9 cm³/mol. The summed E-state index contributed by atoms with van der Waals surface area (Å²) in [6.07, 6.45) is 7.17. The highest BCUT2D eigenvalue weighted by Crippen LogP contribution is 2.43. The van der Waals surface area contributed by atoms with E-state index in [0.717, 1.165) is 12.5 Å². The van der Waals surface area contributed by atoms with Gasteiger partial charge in [-0.1, -0.05) is 34.1 Å². The van der Waals surface area contributed by atoms with Crippen LogP contribution in [0.25, 0.3) is 0 Å². The van der Waals surface area contributed by atoms with Gasteiger partial charge < -0.3 is 14.5 Å². The number of piperazine rings is 1. The number of ether oxygens (including phenoxy) is 1. The van der Waals surface area contributed by atoms with E-state index < -0.39 is 0 Å². The van der Waals surface area contributed by atoms with Crippen LogP contribution in [0.4, 0.5) is 0 Å². The first-order valence-electron chi connectivity index (χ1n) is 9.93. The lowest BCUT2D eigenvalue weighted by Gasteiger charge is -2.44. The first-order valence-corrected chi connectivity index (χ1v) is 9.93. The first-order chi connectivity index (χ1) is 10.9. The molecule has 2 aliphatic heterocycles. The summed E-state index contributed by atoms with van der Waals surface area (Å²) in [7, 11) is 2.24. The molecule has 0 spiro atoms. The lowest BCUT2D eigenvalue weighted by molar-refractivity contribution is -0.0790. The second-order valence-corrected chi connectivity index (χ2v) is 8.93. The van der Waals surface area contributed by atoms with Crippen molar-refractivity contribution in [3.8, 4) is 0 Å². The maximum absolute atomic E-state index is 6.09. The van der Waals surface area contributed by atoms with E-state index in [1.54, 1.807) is 0 Å². The van der Waals surface area contributed by atoms with Crippen LogP contribution in [-0.2, 0) is 4.74 Å². The molecule has 0 aromatic carbocycles. The van der Waals surface area contributed by atoms with Gasteiger partial charge in [-0.05, 0) is 56.5 Å². The van der Waals surface area contributed by atoms with Crippen LogP contribution in [0.5, 0.6) is 0 Å². The van der Waals surface area contributed by atoms with Gasteiger partial charge >= 0.3 is 0 Å². The predicted octanol–water partition coefficient (Wildman–Crippen LogP) is 3.88. The summed E-state index contributed by atoms with van der Waals surface area (Å²) < 4.78 is 6.09. The largest absolute Gasteiger partial charge is 0.378 e. The Morgan fingerprint density at radius 3 is 2.35 bits per heavy atom. The Bertz CT molecular complexity index is 337. The summed E-state index contributed by atoms with van der Waals surface area (Å²) in [5.41, 5.74) is 0.529. The van der Waals surface area contributed by atoms with Gasteiger partial charge in [0.2, 0.25) is 0 Å². The monoisotopic (exact) mass is 324 g/mol. The van der Waals surface area contributed by atoms with Crippen LogP contribution in [0.15, 0.2) is 0 Å².